The minimum atomic E-state index is -4.19. The van der Waals surface area contributed by atoms with Crippen LogP contribution in [0.3, 0.4) is 0 Å². The van der Waals surface area contributed by atoms with Gasteiger partial charge in [0.2, 0.25) is 0 Å². The maximum absolute atomic E-state index is 13.4. The van der Waals surface area contributed by atoms with Crippen LogP contribution in [0.5, 0.6) is 0 Å². The van der Waals surface area contributed by atoms with Crippen LogP contribution in [0, 0.1) is 10.1 Å². The van der Waals surface area contributed by atoms with Crippen molar-refractivity contribution in [3.05, 3.63) is 92.5 Å². The Hall–Kier alpha value is -3.71. The van der Waals surface area contributed by atoms with Crippen LogP contribution in [-0.4, -0.2) is 58.3 Å². The third-order valence-corrected chi connectivity index (χ3v) is 7.94. The number of nitro groups is 1. The van der Waals surface area contributed by atoms with Gasteiger partial charge >= 0.3 is 0 Å². The van der Waals surface area contributed by atoms with E-state index >= 15 is 0 Å². The summed E-state index contributed by atoms with van der Waals surface area (Å²) in [7, 11) is -4.19. The van der Waals surface area contributed by atoms with Crippen molar-refractivity contribution in [1.29, 1.82) is 0 Å². The van der Waals surface area contributed by atoms with E-state index in [0.717, 1.165) is 4.31 Å². The van der Waals surface area contributed by atoms with Gasteiger partial charge in [0.1, 0.15) is 6.54 Å². The normalized spacial score (nSPS) is 13.8. The molecule has 0 saturated carbocycles. The number of hydrogen-bond acceptors (Lipinski definition) is 8. The lowest BCUT2D eigenvalue weighted by Gasteiger charge is -2.29. The quantitative estimate of drug-likeness (QED) is 0.225. The molecule has 1 amide bonds. The van der Waals surface area contributed by atoms with Crippen LogP contribution in [0.25, 0.3) is 0 Å². The summed E-state index contributed by atoms with van der Waals surface area (Å²) in [5, 5.41) is 15.6. The first-order valence-electron chi connectivity index (χ1n) is 11.6. The average Bonchev–Trinajstić information content (AvgIpc) is 2.92. The zero-order valence-corrected chi connectivity index (χ0v) is 22.7. The molecule has 0 radical (unpaired) electrons. The number of benzene rings is 3. The number of amides is 1. The fourth-order valence-corrected chi connectivity index (χ4v) is 5.85. The lowest BCUT2D eigenvalue weighted by Crippen LogP contribution is -2.39. The Morgan fingerprint density at radius 2 is 1.74 bits per heavy atom. The Morgan fingerprint density at radius 1 is 1.08 bits per heavy atom. The highest BCUT2D eigenvalue weighted by Gasteiger charge is 2.28. The standard InChI is InChI=1S/C25H23Cl2N5O6S/c26-19-13-20(27)15-22(14-19)31(39(36,37)23-4-2-1-3-5-23)17-25(33)29-28-16-18-12-21(32(34)35)6-7-24(18)30-8-10-38-11-9-30/h1-7,12-16H,8-11,17H2,(H,29,33)/b28-16-. The number of morpholine rings is 1. The van der Waals surface area contributed by atoms with Crippen LogP contribution in [0.15, 0.2) is 76.7 Å². The van der Waals surface area contributed by atoms with E-state index in [1.165, 1.54) is 48.7 Å². The zero-order chi connectivity index (χ0) is 28.0. The maximum atomic E-state index is 13.4. The van der Waals surface area contributed by atoms with E-state index in [2.05, 4.69) is 10.5 Å². The van der Waals surface area contributed by atoms with E-state index in [0.29, 0.717) is 37.6 Å². The van der Waals surface area contributed by atoms with Gasteiger partial charge in [-0.3, -0.25) is 19.2 Å². The number of halogens is 2. The zero-order valence-electron chi connectivity index (χ0n) is 20.4. The molecule has 0 aliphatic carbocycles. The van der Waals surface area contributed by atoms with Gasteiger partial charge in [-0.25, -0.2) is 13.8 Å². The molecule has 0 atom stereocenters. The summed E-state index contributed by atoms with van der Waals surface area (Å²) in [5.74, 6) is -0.764. The Labute approximate surface area is 234 Å². The summed E-state index contributed by atoms with van der Waals surface area (Å²) >= 11 is 12.2. The number of hydrazone groups is 1. The minimum absolute atomic E-state index is 0.0378. The SMILES string of the molecule is O=C(CN(c1cc(Cl)cc(Cl)c1)S(=O)(=O)c1ccccc1)N/N=C\c1cc([N+](=O)[O-])ccc1N1CCOCC1. The van der Waals surface area contributed by atoms with Crippen LogP contribution in [0.4, 0.5) is 17.1 Å². The molecule has 0 spiro atoms. The number of carbonyl (C=O) groups is 1. The first-order valence-corrected chi connectivity index (χ1v) is 13.8. The molecule has 204 valence electrons. The summed E-state index contributed by atoms with van der Waals surface area (Å²) in [4.78, 5) is 25.6. The minimum Gasteiger partial charge on any atom is -0.378 e. The molecule has 3 aromatic carbocycles. The Kier molecular flexibility index (Phi) is 9.02. The highest BCUT2D eigenvalue weighted by atomic mass is 35.5. The summed E-state index contributed by atoms with van der Waals surface area (Å²) in [6.45, 7) is 1.53. The van der Waals surface area contributed by atoms with Crippen molar-refractivity contribution in [2.24, 2.45) is 5.10 Å². The molecule has 3 aromatic rings. The van der Waals surface area contributed by atoms with Crippen molar-refractivity contribution in [2.45, 2.75) is 4.90 Å². The van der Waals surface area contributed by atoms with Crippen molar-refractivity contribution in [3.63, 3.8) is 0 Å². The molecule has 0 unspecified atom stereocenters. The van der Waals surface area contributed by atoms with Crippen LogP contribution in [-0.2, 0) is 19.6 Å². The van der Waals surface area contributed by atoms with Crippen molar-refractivity contribution < 1.29 is 22.9 Å². The molecule has 0 bridgehead atoms. The fraction of sp³-hybridized carbons (Fsp3) is 0.200. The molecular weight excluding hydrogens is 569 g/mol. The molecule has 39 heavy (non-hydrogen) atoms. The molecule has 11 nitrogen and oxygen atoms in total. The van der Waals surface area contributed by atoms with E-state index in [4.69, 9.17) is 27.9 Å². The number of ether oxygens (including phenoxy) is 1. The predicted molar refractivity (Wildman–Crippen MR) is 149 cm³/mol. The second kappa shape index (κ2) is 12.4. The second-order valence-corrected chi connectivity index (χ2v) is 11.1. The monoisotopic (exact) mass is 591 g/mol. The molecule has 4 rings (SSSR count). The van der Waals surface area contributed by atoms with E-state index in [-0.39, 0.29) is 26.3 Å². The Bertz CT molecular complexity index is 1480. The largest absolute Gasteiger partial charge is 0.378 e. The van der Waals surface area contributed by atoms with E-state index in [9.17, 15) is 23.3 Å². The molecule has 1 fully saturated rings. The maximum Gasteiger partial charge on any atom is 0.270 e. The van der Waals surface area contributed by atoms with Gasteiger partial charge in [0, 0.05) is 46.5 Å². The number of non-ortho nitro benzene ring substituents is 1. The van der Waals surface area contributed by atoms with Gasteiger partial charge in [-0.05, 0) is 36.4 Å². The van der Waals surface area contributed by atoms with Gasteiger partial charge in [-0.15, -0.1) is 0 Å². The molecule has 14 heteroatoms. The number of anilines is 2. The third-order valence-electron chi connectivity index (χ3n) is 5.72. The number of carbonyl (C=O) groups excluding carboxylic acids is 1. The number of nitrogens with zero attached hydrogens (tertiary/aromatic N) is 4. The molecule has 1 aliphatic heterocycles. The van der Waals surface area contributed by atoms with Crippen molar-refractivity contribution in [1.82, 2.24) is 5.43 Å². The van der Waals surface area contributed by atoms with E-state index < -0.39 is 27.4 Å². The van der Waals surface area contributed by atoms with Crippen molar-refractivity contribution >= 4 is 62.4 Å². The van der Waals surface area contributed by atoms with Crippen molar-refractivity contribution in [3.8, 4) is 0 Å². The van der Waals surface area contributed by atoms with E-state index in [1.807, 2.05) is 4.90 Å². The third kappa shape index (κ3) is 7.03. The number of nitrogens with one attached hydrogen (secondary N) is 1. The summed E-state index contributed by atoms with van der Waals surface area (Å²) in [6, 6.07) is 16.1. The highest BCUT2D eigenvalue weighted by molar-refractivity contribution is 7.92. The molecule has 1 heterocycles. The smallest absolute Gasteiger partial charge is 0.270 e. The van der Waals surface area contributed by atoms with Gasteiger partial charge in [0.15, 0.2) is 0 Å². The topological polar surface area (TPSA) is 134 Å². The van der Waals surface area contributed by atoms with E-state index in [1.54, 1.807) is 24.3 Å². The van der Waals surface area contributed by atoms with Crippen molar-refractivity contribution in [2.75, 3.05) is 42.1 Å². The first kappa shape index (κ1) is 28.3. The van der Waals surface area contributed by atoms with Gasteiger partial charge in [0.05, 0.1) is 34.9 Å². The average molecular weight is 592 g/mol. The highest BCUT2D eigenvalue weighted by Crippen LogP contribution is 2.30. The summed E-state index contributed by atoms with van der Waals surface area (Å²) in [5.41, 5.74) is 3.34. The molecule has 1 aliphatic rings. The lowest BCUT2D eigenvalue weighted by atomic mass is 10.1. The molecular formula is C25H23Cl2N5O6S. The first-order chi connectivity index (χ1) is 18.6. The predicted octanol–water partition coefficient (Wildman–Crippen LogP) is 4.08. The van der Waals surface area contributed by atoms with Gasteiger partial charge in [-0.2, -0.15) is 5.10 Å². The summed E-state index contributed by atoms with van der Waals surface area (Å²) < 4.78 is 33.1. The number of hydrogen-bond donors (Lipinski definition) is 1. The van der Waals surface area contributed by atoms with Crippen LogP contribution < -0.4 is 14.6 Å². The number of nitro benzene ring substituents is 1. The number of rotatable bonds is 9. The Morgan fingerprint density at radius 3 is 2.38 bits per heavy atom. The van der Waals surface area contributed by atoms with Gasteiger partial charge < -0.3 is 9.64 Å². The van der Waals surface area contributed by atoms with Gasteiger partial charge in [0.25, 0.3) is 21.6 Å². The molecule has 1 saturated heterocycles. The second-order valence-electron chi connectivity index (χ2n) is 8.35. The van der Waals surface area contributed by atoms with Crippen LogP contribution in [0.1, 0.15) is 5.56 Å². The Balaban J connectivity index is 1.59. The van der Waals surface area contributed by atoms with Crippen LogP contribution in [0.2, 0.25) is 10.0 Å². The molecule has 0 aromatic heterocycles. The number of sulfonamides is 1. The summed E-state index contributed by atoms with van der Waals surface area (Å²) in [6.07, 6.45) is 1.28. The van der Waals surface area contributed by atoms with Gasteiger partial charge in [-0.1, -0.05) is 41.4 Å². The van der Waals surface area contributed by atoms with Crippen LogP contribution >= 0.6 is 23.2 Å². The lowest BCUT2D eigenvalue weighted by molar-refractivity contribution is -0.384. The fourth-order valence-electron chi connectivity index (χ4n) is 3.91. The molecule has 1 N–H and O–H groups in total.